The van der Waals surface area contributed by atoms with E-state index in [2.05, 4.69) is 10.6 Å². The number of ether oxygens (including phenoxy) is 1. The first kappa shape index (κ1) is 19.3. The zero-order valence-corrected chi connectivity index (χ0v) is 14.6. The highest BCUT2D eigenvalue weighted by Crippen LogP contribution is 2.20. The third-order valence-electron chi connectivity index (χ3n) is 3.18. The van der Waals surface area contributed by atoms with Crippen LogP contribution in [0.3, 0.4) is 0 Å². The smallest absolute Gasteiger partial charge is 0.315 e. The molecule has 0 unspecified atom stereocenters. The van der Waals surface area contributed by atoms with Gasteiger partial charge in [-0.15, -0.1) is 0 Å². The van der Waals surface area contributed by atoms with Gasteiger partial charge in [-0.2, -0.15) is 0 Å². The van der Waals surface area contributed by atoms with Crippen molar-refractivity contribution in [2.45, 2.75) is 19.5 Å². The van der Waals surface area contributed by atoms with E-state index >= 15 is 0 Å². The van der Waals surface area contributed by atoms with E-state index in [0.717, 1.165) is 11.1 Å². The average molecular weight is 389 g/mol. The quantitative estimate of drug-likeness (QED) is 0.725. The molecule has 0 bridgehead atoms. The normalized spacial score (nSPS) is 10.6. The van der Waals surface area contributed by atoms with Crippen molar-refractivity contribution >= 4 is 29.2 Å². The van der Waals surface area contributed by atoms with Crippen molar-refractivity contribution < 1.29 is 18.3 Å². The summed E-state index contributed by atoms with van der Waals surface area (Å²) >= 11 is 11.8. The largest absolute Gasteiger partial charge is 0.488 e. The molecule has 0 heterocycles. The zero-order valence-electron chi connectivity index (χ0n) is 13.1. The van der Waals surface area contributed by atoms with E-state index in [9.17, 15) is 13.6 Å². The van der Waals surface area contributed by atoms with Crippen LogP contribution in [0.5, 0.6) is 5.75 Å². The van der Waals surface area contributed by atoms with Crippen molar-refractivity contribution in [2.24, 2.45) is 0 Å². The van der Waals surface area contributed by atoms with Gasteiger partial charge in [0.1, 0.15) is 12.4 Å². The first-order chi connectivity index (χ1) is 11.9. The maximum Gasteiger partial charge on any atom is 0.315 e. The van der Waals surface area contributed by atoms with E-state index in [0.29, 0.717) is 15.8 Å². The number of halogens is 4. The second-order valence-corrected chi connectivity index (χ2v) is 5.97. The van der Waals surface area contributed by atoms with Crippen LogP contribution in [0.4, 0.5) is 13.6 Å². The van der Waals surface area contributed by atoms with Gasteiger partial charge in [0.05, 0.1) is 0 Å². The van der Waals surface area contributed by atoms with E-state index in [-0.39, 0.29) is 19.1 Å². The SMILES string of the molecule is O=C(NCc1cccc(OCC(F)F)c1)NCc1ccc(Cl)cc1Cl. The molecule has 0 aliphatic carbocycles. The molecule has 2 amide bonds. The Labute approximate surface area is 154 Å². The molecule has 25 heavy (non-hydrogen) atoms. The molecule has 2 aromatic rings. The molecule has 0 aromatic heterocycles. The fourth-order valence-corrected chi connectivity index (χ4v) is 2.47. The van der Waals surface area contributed by atoms with Gasteiger partial charge in [-0.1, -0.05) is 41.4 Å². The van der Waals surface area contributed by atoms with Crippen molar-refractivity contribution in [3.05, 3.63) is 63.6 Å². The van der Waals surface area contributed by atoms with Crippen LogP contribution in [0.15, 0.2) is 42.5 Å². The van der Waals surface area contributed by atoms with Gasteiger partial charge < -0.3 is 15.4 Å². The minimum Gasteiger partial charge on any atom is -0.488 e. The maximum absolute atomic E-state index is 12.1. The summed E-state index contributed by atoms with van der Waals surface area (Å²) in [5, 5.41) is 6.34. The van der Waals surface area contributed by atoms with Gasteiger partial charge in [-0.05, 0) is 35.4 Å². The highest BCUT2D eigenvalue weighted by atomic mass is 35.5. The molecule has 0 radical (unpaired) electrons. The Morgan fingerprint density at radius 1 is 1.08 bits per heavy atom. The van der Waals surface area contributed by atoms with Crippen LogP contribution in [-0.2, 0) is 13.1 Å². The van der Waals surface area contributed by atoms with Gasteiger partial charge in [-0.25, -0.2) is 13.6 Å². The average Bonchev–Trinajstić information content (AvgIpc) is 2.58. The molecule has 0 aliphatic rings. The summed E-state index contributed by atoms with van der Waals surface area (Å²) < 4.78 is 29.2. The number of hydrogen-bond donors (Lipinski definition) is 2. The van der Waals surface area contributed by atoms with E-state index in [1.54, 1.807) is 42.5 Å². The third kappa shape index (κ3) is 6.76. The summed E-state index contributed by atoms with van der Waals surface area (Å²) in [4.78, 5) is 11.8. The Balaban J connectivity index is 1.80. The lowest BCUT2D eigenvalue weighted by Gasteiger charge is -2.10. The van der Waals surface area contributed by atoms with Crippen LogP contribution >= 0.6 is 23.2 Å². The summed E-state index contributed by atoms with van der Waals surface area (Å²) in [5.41, 5.74) is 1.47. The van der Waals surface area contributed by atoms with Crippen molar-refractivity contribution in [1.29, 1.82) is 0 Å². The number of amides is 2. The summed E-state index contributed by atoms with van der Waals surface area (Å²) in [6.45, 7) is -0.190. The minimum atomic E-state index is -2.53. The molecule has 2 aromatic carbocycles. The predicted molar refractivity (Wildman–Crippen MR) is 93.5 cm³/mol. The lowest BCUT2D eigenvalue weighted by atomic mass is 10.2. The van der Waals surface area contributed by atoms with Gasteiger partial charge in [0.2, 0.25) is 0 Å². The molecular weight excluding hydrogens is 373 g/mol. The predicted octanol–water partition coefficient (Wildman–Crippen LogP) is 4.64. The van der Waals surface area contributed by atoms with Crippen LogP contribution < -0.4 is 15.4 Å². The topological polar surface area (TPSA) is 50.4 Å². The summed E-state index contributed by atoms with van der Waals surface area (Å²) in [7, 11) is 0. The Bertz CT molecular complexity index is 730. The highest BCUT2D eigenvalue weighted by molar-refractivity contribution is 6.35. The van der Waals surface area contributed by atoms with E-state index in [4.69, 9.17) is 27.9 Å². The van der Waals surface area contributed by atoms with E-state index < -0.39 is 13.0 Å². The standard InChI is InChI=1S/C17H16Cl2F2N2O2/c18-13-5-4-12(15(19)7-13)9-23-17(24)22-8-11-2-1-3-14(6-11)25-10-16(20)21/h1-7,16H,8-10H2,(H2,22,23,24). The van der Waals surface area contributed by atoms with Gasteiger partial charge in [0.15, 0.2) is 0 Å². The number of rotatable bonds is 7. The van der Waals surface area contributed by atoms with Gasteiger partial charge in [0, 0.05) is 23.1 Å². The molecule has 0 fully saturated rings. The molecule has 4 nitrogen and oxygen atoms in total. The molecule has 8 heteroatoms. The fourth-order valence-electron chi connectivity index (χ4n) is 1.99. The second kappa shape index (κ2) is 9.44. The number of benzene rings is 2. The molecular formula is C17H16Cl2F2N2O2. The molecule has 2 N–H and O–H groups in total. The Kier molecular flexibility index (Phi) is 7.28. The minimum absolute atomic E-state index is 0.228. The number of alkyl halides is 2. The number of nitrogens with one attached hydrogen (secondary N) is 2. The number of carbonyl (C=O) groups is 1. The molecule has 0 saturated carbocycles. The van der Waals surface area contributed by atoms with Gasteiger partial charge in [-0.3, -0.25) is 0 Å². The Morgan fingerprint density at radius 3 is 2.56 bits per heavy atom. The fraction of sp³-hybridized carbons (Fsp3) is 0.235. The number of carbonyl (C=O) groups excluding carboxylic acids is 1. The van der Waals surface area contributed by atoms with Crippen molar-refractivity contribution in [2.75, 3.05) is 6.61 Å². The van der Waals surface area contributed by atoms with Crippen LogP contribution in [-0.4, -0.2) is 19.1 Å². The molecule has 0 spiro atoms. The van der Waals surface area contributed by atoms with Crippen LogP contribution in [0.25, 0.3) is 0 Å². The molecule has 0 saturated heterocycles. The maximum atomic E-state index is 12.1. The number of urea groups is 1. The van der Waals surface area contributed by atoms with E-state index in [1.165, 1.54) is 0 Å². The van der Waals surface area contributed by atoms with Crippen LogP contribution in [0, 0.1) is 0 Å². The molecule has 134 valence electrons. The summed E-state index contributed by atoms with van der Waals surface area (Å²) in [5.74, 6) is 0.327. The van der Waals surface area contributed by atoms with Gasteiger partial charge >= 0.3 is 6.03 Å². The van der Waals surface area contributed by atoms with Crippen molar-refractivity contribution in [3.63, 3.8) is 0 Å². The third-order valence-corrected chi connectivity index (χ3v) is 3.77. The molecule has 0 aliphatic heterocycles. The number of hydrogen-bond acceptors (Lipinski definition) is 2. The molecule has 2 rings (SSSR count). The first-order valence-electron chi connectivity index (χ1n) is 7.39. The Morgan fingerprint density at radius 2 is 1.84 bits per heavy atom. The molecule has 0 atom stereocenters. The lowest BCUT2D eigenvalue weighted by Crippen LogP contribution is -2.34. The Hall–Kier alpha value is -2.05. The monoisotopic (exact) mass is 388 g/mol. The first-order valence-corrected chi connectivity index (χ1v) is 8.15. The zero-order chi connectivity index (χ0) is 18.2. The lowest BCUT2D eigenvalue weighted by molar-refractivity contribution is 0.0818. The van der Waals surface area contributed by atoms with Crippen molar-refractivity contribution in [1.82, 2.24) is 10.6 Å². The van der Waals surface area contributed by atoms with Crippen molar-refractivity contribution in [3.8, 4) is 5.75 Å². The van der Waals surface area contributed by atoms with Gasteiger partial charge in [0.25, 0.3) is 6.43 Å². The highest BCUT2D eigenvalue weighted by Gasteiger charge is 2.06. The second-order valence-electron chi connectivity index (χ2n) is 5.12. The summed E-state index contributed by atoms with van der Waals surface area (Å²) in [6, 6.07) is 11.2. The van der Waals surface area contributed by atoms with Crippen LogP contribution in [0.2, 0.25) is 10.0 Å². The summed E-state index contributed by atoms with van der Waals surface area (Å²) in [6.07, 6.45) is -2.53. The van der Waals surface area contributed by atoms with Crippen LogP contribution in [0.1, 0.15) is 11.1 Å². The van der Waals surface area contributed by atoms with E-state index in [1.807, 2.05) is 0 Å².